The molecule has 0 saturated heterocycles. The lowest BCUT2D eigenvalue weighted by atomic mass is 9.84. The van der Waals surface area contributed by atoms with E-state index >= 15 is 0 Å². The van der Waals surface area contributed by atoms with Crippen molar-refractivity contribution < 1.29 is 4.42 Å². The van der Waals surface area contributed by atoms with Crippen molar-refractivity contribution >= 4 is 64.3 Å². The zero-order chi connectivity index (χ0) is 41.0. The van der Waals surface area contributed by atoms with E-state index in [2.05, 4.69) is 243 Å². The molecule has 1 aromatic heterocycles. The van der Waals surface area contributed by atoms with Gasteiger partial charge in [-0.1, -0.05) is 188 Å². The SMILES string of the molecule is c1ccc(S(c2ccccc2)(c2ccccc2)c2cc(-c3c4ccccc4c(-c4ccc(-c5cccc6ccccc56)cc4)c4ccccc34)c3c(c2)oc2ccccc23)cc1. The molecule has 0 aliphatic rings. The minimum atomic E-state index is -2.03. The van der Waals surface area contributed by atoms with E-state index in [1.807, 2.05) is 0 Å². The Bertz CT molecular complexity index is 3450. The molecule has 0 N–H and O–H groups in total. The lowest BCUT2D eigenvalue weighted by Gasteiger charge is -2.42. The second kappa shape index (κ2) is 14.8. The maximum Gasteiger partial charge on any atom is 0.137 e. The molecule has 0 saturated carbocycles. The van der Waals surface area contributed by atoms with Gasteiger partial charge < -0.3 is 4.42 Å². The lowest BCUT2D eigenvalue weighted by molar-refractivity contribution is 0.668. The summed E-state index contributed by atoms with van der Waals surface area (Å²) in [5, 5.41) is 9.63. The highest BCUT2D eigenvalue weighted by Gasteiger charge is 2.35. The van der Waals surface area contributed by atoms with Gasteiger partial charge in [0.05, 0.1) is 0 Å². The average molecular weight is 809 g/mol. The summed E-state index contributed by atoms with van der Waals surface area (Å²) in [6.07, 6.45) is 0. The number of hydrogen-bond donors (Lipinski definition) is 0. The number of rotatable bonds is 7. The molecule has 1 nitrogen and oxygen atoms in total. The van der Waals surface area contributed by atoms with E-state index in [0.29, 0.717) is 0 Å². The molecule has 0 unspecified atom stereocenters. The molecule has 292 valence electrons. The van der Waals surface area contributed by atoms with Gasteiger partial charge in [-0.05, 0) is 120 Å². The van der Waals surface area contributed by atoms with Crippen LogP contribution in [0.4, 0.5) is 0 Å². The third-order valence-electron chi connectivity index (χ3n) is 12.6. The molecule has 12 aromatic rings. The predicted molar refractivity (Wildman–Crippen MR) is 263 cm³/mol. The Hall–Kier alpha value is -7.65. The van der Waals surface area contributed by atoms with Gasteiger partial charge in [0.25, 0.3) is 0 Å². The van der Waals surface area contributed by atoms with Crippen molar-refractivity contribution in [3.05, 3.63) is 243 Å². The molecular formula is C60H40OS. The van der Waals surface area contributed by atoms with Gasteiger partial charge >= 0.3 is 0 Å². The van der Waals surface area contributed by atoms with Gasteiger partial charge in [0.2, 0.25) is 0 Å². The molecule has 0 aliphatic heterocycles. The fraction of sp³-hybridized carbons (Fsp3) is 0. The van der Waals surface area contributed by atoms with Crippen LogP contribution >= 0.6 is 10.0 Å². The summed E-state index contributed by atoms with van der Waals surface area (Å²) in [6, 6.07) is 89.1. The zero-order valence-corrected chi connectivity index (χ0v) is 34.7. The lowest BCUT2D eigenvalue weighted by Crippen LogP contribution is -2.05. The minimum Gasteiger partial charge on any atom is -0.456 e. The third-order valence-corrected chi connectivity index (χ3v) is 16.5. The number of hydrogen-bond acceptors (Lipinski definition) is 1. The Balaban J connectivity index is 1.17. The monoisotopic (exact) mass is 808 g/mol. The van der Waals surface area contributed by atoms with Crippen LogP contribution in [0.3, 0.4) is 0 Å². The molecule has 0 fully saturated rings. The largest absolute Gasteiger partial charge is 0.456 e. The quantitative estimate of drug-likeness (QED) is 0.146. The summed E-state index contributed by atoms with van der Waals surface area (Å²) in [6.45, 7) is 0. The van der Waals surface area contributed by atoms with Gasteiger partial charge in [-0.15, -0.1) is 10.0 Å². The molecule has 12 rings (SSSR count). The van der Waals surface area contributed by atoms with Crippen molar-refractivity contribution in [2.75, 3.05) is 0 Å². The standard InChI is InChI=1S/C60H40OS/c1-4-21-44(22-5-1)62(45-23-6-2-7-24-45,46-25-8-3-9-26-46)47-39-55(60-54-32-16-17-34-56(54)61-57(60)40-47)59-52-30-14-12-28-50(52)58(51-29-13-15-31-53(51)59)43-37-35-42(36-38-43)49-33-18-20-41-19-10-11-27-48(41)49/h1-40H. The number of para-hydroxylation sites is 1. The predicted octanol–water partition coefficient (Wildman–Crippen LogP) is 17.4. The van der Waals surface area contributed by atoms with Crippen molar-refractivity contribution in [2.45, 2.75) is 19.6 Å². The second-order valence-corrected chi connectivity index (χ2v) is 19.0. The summed E-state index contributed by atoms with van der Waals surface area (Å²) >= 11 is 0. The van der Waals surface area contributed by atoms with Gasteiger partial charge in [-0.2, -0.15) is 0 Å². The fourth-order valence-electron chi connectivity index (χ4n) is 9.92. The van der Waals surface area contributed by atoms with Crippen LogP contribution in [0.2, 0.25) is 0 Å². The molecule has 62 heavy (non-hydrogen) atoms. The Labute approximate surface area is 362 Å². The summed E-state index contributed by atoms with van der Waals surface area (Å²) in [5.74, 6) is 0. The van der Waals surface area contributed by atoms with Crippen LogP contribution in [0.15, 0.2) is 267 Å². The number of fused-ring (bicyclic) bond motifs is 6. The number of furan rings is 1. The first-order valence-electron chi connectivity index (χ1n) is 21.2. The Morgan fingerprint density at radius 1 is 0.274 bits per heavy atom. The van der Waals surface area contributed by atoms with Crippen LogP contribution in [0.5, 0.6) is 0 Å². The van der Waals surface area contributed by atoms with Crippen LogP contribution in [0, 0.1) is 0 Å². The highest BCUT2D eigenvalue weighted by Crippen LogP contribution is 2.74. The molecule has 0 spiro atoms. The van der Waals surface area contributed by atoms with E-state index in [0.717, 1.165) is 21.9 Å². The molecule has 0 radical (unpaired) electrons. The first-order valence-corrected chi connectivity index (χ1v) is 22.9. The molecule has 1 heterocycles. The minimum absolute atomic E-state index is 0.886. The van der Waals surface area contributed by atoms with Gasteiger partial charge in [-0.25, -0.2) is 0 Å². The summed E-state index contributed by atoms with van der Waals surface area (Å²) in [5.41, 5.74) is 9.06. The summed E-state index contributed by atoms with van der Waals surface area (Å²) < 4.78 is 6.96. The van der Waals surface area contributed by atoms with Crippen molar-refractivity contribution in [1.29, 1.82) is 0 Å². The maximum absolute atomic E-state index is 6.96. The Morgan fingerprint density at radius 2 is 0.726 bits per heavy atom. The zero-order valence-electron chi connectivity index (χ0n) is 33.9. The maximum atomic E-state index is 6.96. The second-order valence-electron chi connectivity index (χ2n) is 15.9. The van der Waals surface area contributed by atoms with E-state index in [1.165, 1.54) is 85.3 Å². The van der Waals surface area contributed by atoms with E-state index < -0.39 is 10.0 Å². The van der Waals surface area contributed by atoms with Crippen LogP contribution in [-0.2, 0) is 0 Å². The molecule has 0 bridgehead atoms. The van der Waals surface area contributed by atoms with Gasteiger partial charge in [0.1, 0.15) is 11.2 Å². The molecule has 0 atom stereocenters. The van der Waals surface area contributed by atoms with Crippen LogP contribution in [0.1, 0.15) is 0 Å². The van der Waals surface area contributed by atoms with Gasteiger partial charge in [-0.3, -0.25) is 0 Å². The average Bonchev–Trinajstić information content (AvgIpc) is 3.73. The molecule has 0 aliphatic carbocycles. The Kier molecular flexibility index (Phi) is 8.65. The van der Waals surface area contributed by atoms with E-state index in [1.54, 1.807) is 0 Å². The highest BCUT2D eigenvalue weighted by molar-refractivity contribution is 8.34. The van der Waals surface area contributed by atoms with Crippen LogP contribution in [0.25, 0.3) is 87.6 Å². The van der Waals surface area contributed by atoms with Crippen molar-refractivity contribution in [2.24, 2.45) is 0 Å². The van der Waals surface area contributed by atoms with Gasteiger partial charge in [0, 0.05) is 30.4 Å². The molecular weight excluding hydrogens is 769 g/mol. The Morgan fingerprint density at radius 3 is 1.31 bits per heavy atom. The van der Waals surface area contributed by atoms with Crippen LogP contribution in [-0.4, -0.2) is 0 Å². The normalized spacial score (nSPS) is 12.1. The van der Waals surface area contributed by atoms with Crippen molar-refractivity contribution in [3.8, 4) is 33.4 Å². The van der Waals surface area contributed by atoms with Gasteiger partial charge in [0.15, 0.2) is 0 Å². The smallest absolute Gasteiger partial charge is 0.137 e. The third kappa shape index (κ3) is 5.65. The van der Waals surface area contributed by atoms with E-state index in [-0.39, 0.29) is 0 Å². The fourth-order valence-corrected chi connectivity index (χ4v) is 13.8. The summed E-state index contributed by atoms with van der Waals surface area (Å²) in [7, 11) is -2.03. The van der Waals surface area contributed by atoms with Crippen molar-refractivity contribution in [3.63, 3.8) is 0 Å². The first-order chi connectivity index (χ1) is 30.8. The topological polar surface area (TPSA) is 13.1 Å². The first kappa shape index (κ1) is 36.2. The molecule has 0 amide bonds. The summed E-state index contributed by atoms with van der Waals surface area (Å²) in [4.78, 5) is 5.05. The molecule has 11 aromatic carbocycles. The van der Waals surface area contributed by atoms with Crippen molar-refractivity contribution in [1.82, 2.24) is 0 Å². The van der Waals surface area contributed by atoms with E-state index in [9.17, 15) is 0 Å². The highest BCUT2D eigenvalue weighted by atomic mass is 32.3. The number of benzene rings is 11. The van der Waals surface area contributed by atoms with Crippen LogP contribution < -0.4 is 0 Å². The van der Waals surface area contributed by atoms with E-state index in [4.69, 9.17) is 4.42 Å². The molecule has 2 heteroatoms.